The van der Waals surface area contributed by atoms with E-state index in [1.165, 1.54) is 11.1 Å². The summed E-state index contributed by atoms with van der Waals surface area (Å²) >= 11 is 6.12. The molecule has 0 aromatic heterocycles. The topological polar surface area (TPSA) is 23.5 Å². The molecule has 2 aromatic rings. The molecular formula is C16H18ClNO. The van der Waals surface area contributed by atoms with E-state index < -0.39 is 0 Å². The molecular weight excluding hydrogens is 258 g/mol. The molecule has 0 unspecified atom stereocenters. The second kappa shape index (κ2) is 6.09. The highest BCUT2D eigenvalue weighted by molar-refractivity contribution is 6.31. The van der Waals surface area contributed by atoms with Crippen LogP contribution >= 0.6 is 11.6 Å². The monoisotopic (exact) mass is 275 g/mol. The van der Waals surface area contributed by atoms with Crippen LogP contribution in [-0.2, 0) is 13.2 Å². The highest BCUT2D eigenvalue weighted by Crippen LogP contribution is 2.27. The fraction of sp³-hybridized carbons (Fsp3) is 0.250. The van der Waals surface area contributed by atoms with Gasteiger partial charge in [0, 0.05) is 29.9 Å². The first kappa shape index (κ1) is 13.9. The Morgan fingerprint density at radius 1 is 1.16 bits per heavy atom. The van der Waals surface area contributed by atoms with Gasteiger partial charge in [0.15, 0.2) is 0 Å². The number of anilines is 1. The number of hydrogen-bond donors (Lipinski definition) is 1. The maximum Gasteiger partial charge on any atom is 0.0716 e. The first-order valence-electron chi connectivity index (χ1n) is 6.26. The molecule has 0 aliphatic rings. The van der Waals surface area contributed by atoms with Crippen molar-refractivity contribution in [3.05, 3.63) is 64.2 Å². The van der Waals surface area contributed by atoms with Gasteiger partial charge in [-0.05, 0) is 24.6 Å². The van der Waals surface area contributed by atoms with Gasteiger partial charge >= 0.3 is 0 Å². The van der Waals surface area contributed by atoms with Crippen LogP contribution < -0.4 is 4.90 Å². The van der Waals surface area contributed by atoms with Crippen molar-refractivity contribution in [3.8, 4) is 0 Å². The molecule has 100 valence electrons. The SMILES string of the molecule is Cc1cccc(CN(C)c2cccc(Cl)c2CO)c1. The van der Waals surface area contributed by atoms with Gasteiger partial charge in [-0.15, -0.1) is 0 Å². The number of benzene rings is 2. The fourth-order valence-electron chi connectivity index (χ4n) is 2.23. The van der Waals surface area contributed by atoms with Crippen LogP contribution in [0.25, 0.3) is 0 Å². The van der Waals surface area contributed by atoms with Crippen LogP contribution in [0.2, 0.25) is 5.02 Å². The summed E-state index contributed by atoms with van der Waals surface area (Å²) < 4.78 is 0. The Hall–Kier alpha value is -1.51. The highest BCUT2D eigenvalue weighted by atomic mass is 35.5. The van der Waals surface area contributed by atoms with E-state index in [-0.39, 0.29) is 6.61 Å². The van der Waals surface area contributed by atoms with Gasteiger partial charge in [0.25, 0.3) is 0 Å². The van der Waals surface area contributed by atoms with Crippen molar-refractivity contribution in [2.45, 2.75) is 20.1 Å². The second-order valence-electron chi connectivity index (χ2n) is 4.74. The van der Waals surface area contributed by atoms with Crippen molar-refractivity contribution >= 4 is 17.3 Å². The fourth-order valence-corrected chi connectivity index (χ4v) is 2.46. The summed E-state index contributed by atoms with van der Waals surface area (Å²) in [6, 6.07) is 14.1. The Morgan fingerprint density at radius 3 is 2.58 bits per heavy atom. The molecule has 0 spiro atoms. The van der Waals surface area contributed by atoms with Crippen molar-refractivity contribution in [1.82, 2.24) is 0 Å². The van der Waals surface area contributed by atoms with Crippen LogP contribution in [-0.4, -0.2) is 12.2 Å². The summed E-state index contributed by atoms with van der Waals surface area (Å²) in [6.45, 7) is 2.82. The van der Waals surface area contributed by atoms with Crippen molar-refractivity contribution in [2.24, 2.45) is 0 Å². The van der Waals surface area contributed by atoms with E-state index in [2.05, 4.69) is 36.1 Å². The van der Waals surface area contributed by atoms with Gasteiger partial charge in [0.1, 0.15) is 0 Å². The van der Waals surface area contributed by atoms with E-state index >= 15 is 0 Å². The Morgan fingerprint density at radius 2 is 1.89 bits per heavy atom. The van der Waals surface area contributed by atoms with Crippen LogP contribution in [0.3, 0.4) is 0 Å². The number of halogens is 1. The van der Waals surface area contributed by atoms with Crippen molar-refractivity contribution in [2.75, 3.05) is 11.9 Å². The molecule has 0 saturated carbocycles. The quantitative estimate of drug-likeness (QED) is 0.918. The predicted molar refractivity (Wildman–Crippen MR) is 80.7 cm³/mol. The lowest BCUT2D eigenvalue weighted by molar-refractivity contribution is 0.282. The normalized spacial score (nSPS) is 10.5. The van der Waals surface area contributed by atoms with E-state index in [1.807, 2.05) is 19.2 Å². The van der Waals surface area contributed by atoms with Gasteiger partial charge in [-0.1, -0.05) is 47.5 Å². The molecule has 0 saturated heterocycles. The summed E-state index contributed by atoms with van der Waals surface area (Å²) in [5.74, 6) is 0. The molecule has 0 fully saturated rings. The summed E-state index contributed by atoms with van der Waals surface area (Å²) in [5.41, 5.74) is 4.24. The molecule has 0 radical (unpaired) electrons. The summed E-state index contributed by atoms with van der Waals surface area (Å²) in [5, 5.41) is 10.1. The van der Waals surface area contributed by atoms with E-state index in [4.69, 9.17) is 11.6 Å². The van der Waals surface area contributed by atoms with E-state index in [9.17, 15) is 5.11 Å². The minimum Gasteiger partial charge on any atom is -0.392 e. The first-order chi connectivity index (χ1) is 9.11. The average molecular weight is 276 g/mol. The number of aryl methyl sites for hydroxylation is 1. The maximum absolute atomic E-state index is 9.45. The number of rotatable bonds is 4. The van der Waals surface area contributed by atoms with Crippen molar-refractivity contribution in [3.63, 3.8) is 0 Å². The first-order valence-corrected chi connectivity index (χ1v) is 6.64. The highest BCUT2D eigenvalue weighted by Gasteiger charge is 2.10. The molecule has 0 amide bonds. The maximum atomic E-state index is 9.45. The molecule has 0 aliphatic heterocycles. The lowest BCUT2D eigenvalue weighted by atomic mass is 10.1. The summed E-state index contributed by atoms with van der Waals surface area (Å²) in [6.07, 6.45) is 0. The van der Waals surface area contributed by atoms with Gasteiger partial charge in [0.2, 0.25) is 0 Å². The third-order valence-corrected chi connectivity index (χ3v) is 3.52. The molecule has 0 heterocycles. The molecule has 1 N–H and O–H groups in total. The van der Waals surface area contributed by atoms with Crippen molar-refractivity contribution < 1.29 is 5.11 Å². The summed E-state index contributed by atoms with van der Waals surface area (Å²) in [7, 11) is 2.01. The lowest BCUT2D eigenvalue weighted by Gasteiger charge is -2.23. The number of aliphatic hydroxyl groups is 1. The van der Waals surface area contributed by atoms with Crippen LogP contribution in [0.1, 0.15) is 16.7 Å². The molecule has 19 heavy (non-hydrogen) atoms. The Labute approximate surface area is 119 Å². The average Bonchev–Trinajstić information content (AvgIpc) is 2.38. The van der Waals surface area contributed by atoms with Crippen LogP contribution in [0.15, 0.2) is 42.5 Å². The molecule has 3 heteroatoms. The lowest BCUT2D eigenvalue weighted by Crippen LogP contribution is -2.18. The number of aliphatic hydroxyl groups excluding tert-OH is 1. The molecule has 0 atom stereocenters. The zero-order valence-electron chi connectivity index (χ0n) is 11.2. The van der Waals surface area contributed by atoms with Gasteiger partial charge in [0.05, 0.1) is 6.61 Å². The minimum absolute atomic E-state index is 0.0484. The Kier molecular flexibility index (Phi) is 4.46. The van der Waals surface area contributed by atoms with Gasteiger partial charge < -0.3 is 10.0 Å². The molecule has 0 bridgehead atoms. The van der Waals surface area contributed by atoms with Gasteiger partial charge in [-0.2, -0.15) is 0 Å². The number of nitrogens with zero attached hydrogens (tertiary/aromatic N) is 1. The van der Waals surface area contributed by atoms with Crippen LogP contribution in [0.4, 0.5) is 5.69 Å². The Bertz CT molecular complexity index is 568. The zero-order chi connectivity index (χ0) is 13.8. The third kappa shape index (κ3) is 3.28. The predicted octanol–water partition coefficient (Wildman–Crippen LogP) is 3.78. The zero-order valence-corrected chi connectivity index (χ0v) is 12.0. The van der Waals surface area contributed by atoms with Gasteiger partial charge in [-0.3, -0.25) is 0 Å². The van der Waals surface area contributed by atoms with E-state index in [0.717, 1.165) is 17.8 Å². The van der Waals surface area contributed by atoms with E-state index in [0.29, 0.717) is 5.02 Å². The van der Waals surface area contributed by atoms with Gasteiger partial charge in [-0.25, -0.2) is 0 Å². The molecule has 2 aromatic carbocycles. The van der Waals surface area contributed by atoms with Crippen LogP contribution in [0.5, 0.6) is 0 Å². The van der Waals surface area contributed by atoms with E-state index in [1.54, 1.807) is 6.07 Å². The van der Waals surface area contributed by atoms with Crippen molar-refractivity contribution in [1.29, 1.82) is 0 Å². The third-order valence-electron chi connectivity index (χ3n) is 3.17. The second-order valence-corrected chi connectivity index (χ2v) is 5.15. The minimum atomic E-state index is -0.0484. The Balaban J connectivity index is 2.25. The number of hydrogen-bond acceptors (Lipinski definition) is 2. The smallest absolute Gasteiger partial charge is 0.0716 e. The molecule has 2 nitrogen and oxygen atoms in total. The standard InChI is InChI=1S/C16H18ClNO/c1-12-5-3-6-13(9-12)10-18(2)16-8-4-7-15(17)14(16)11-19/h3-9,19H,10-11H2,1-2H3. The van der Waals surface area contributed by atoms with Crippen LogP contribution in [0, 0.1) is 6.92 Å². The summed E-state index contributed by atoms with van der Waals surface area (Å²) in [4.78, 5) is 2.10. The largest absolute Gasteiger partial charge is 0.392 e. The molecule has 2 rings (SSSR count). The molecule has 0 aliphatic carbocycles.